The average molecular weight is 380 g/mol. The van der Waals surface area contributed by atoms with Gasteiger partial charge in [-0.05, 0) is 23.8 Å². The van der Waals surface area contributed by atoms with Crippen LogP contribution in [0.2, 0.25) is 0 Å². The lowest BCUT2D eigenvalue weighted by Crippen LogP contribution is -2.31. The monoisotopic (exact) mass is 380 g/mol. The topological polar surface area (TPSA) is 107 Å². The molecule has 1 amide bonds. The average Bonchev–Trinajstić information content (AvgIpc) is 2.59. The van der Waals surface area contributed by atoms with Crippen LogP contribution in [0.4, 0.5) is 4.39 Å². The highest BCUT2D eigenvalue weighted by atomic mass is 32.2. The highest BCUT2D eigenvalue weighted by Gasteiger charge is 2.19. The number of carbonyl (C=O) groups excluding carboxylic acids is 2. The molecule has 26 heavy (non-hydrogen) atoms. The molecule has 0 spiro atoms. The number of hydrogen-bond donors (Lipinski definition) is 1. The number of sulfonamides is 1. The standard InChI is InChI=1S/C17H17FN2O5S/c1-20(10-12-5-3-2-4-6-12)16(21)11-25-17(22)14-9-13(26(19,23)24)7-8-15(14)18/h2-9H,10-11H2,1H3,(H2,19,23,24). The number of halogens is 1. The summed E-state index contributed by atoms with van der Waals surface area (Å²) in [6, 6.07) is 11.7. The summed E-state index contributed by atoms with van der Waals surface area (Å²) < 4.78 is 41.1. The fraction of sp³-hybridized carbons (Fsp3) is 0.176. The first-order valence-corrected chi connectivity index (χ1v) is 9.00. The first-order valence-electron chi connectivity index (χ1n) is 7.46. The quantitative estimate of drug-likeness (QED) is 0.760. The molecule has 0 aliphatic heterocycles. The molecule has 0 unspecified atom stereocenters. The van der Waals surface area contributed by atoms with Crippen LogP contribution in [0.15, 0.2) is 53.4 Å². The van der Waals surface area contributed by atoms with Gasteiger partial charge in [0.2, 0.25) is 10.0 Å². The number of amides is 1. The predicted molar refractivity (Wildman–Crippen MR) is 91.0 cm³/mol. The van der Waals surface area contributed by atoms with E-state index in [1.54, 1.807) is 0 Å². The summed E-state index contributed by atoms with van der Waals surface area (Å²) in [6.45, 7) is -0.298. The lowest BCUT2D eigenvalue weighted by atomic mass is 10.2. The van der Waals surface area contributed by atoms with Crippen molar-refractivity contribution >= 4 is 21.9 Å². The molecule has 0 radical (unpaired) electrons. The number of nitrogens with two attached hydrogens (primary N) is 1. The minimum Gasteiger partial charge on any atom is -0.452 e. The van der Waals surface area contributed by atoms with Crippen LogP contribution in [-0.2, 0) is 26.1 Å². The summed E-state index contributed by atoms with van der Waals surface area (Å²) in [4.78, 5) is 24.9. The van der Waals surface area contributed by atoms with Crippen LogP contribution in [0.5, 0.6) is 0 Å². The van der Waals surface area contributed by atoms with E-state index >= 15 is 0 Å². The molecule has 0 aromatic heterocycles. The van der Waals surface area contributed by atoms with E-state index in [-0.39, 0.29) is 0 Å². The van der Waals surface area contributed by atoms with Crippen molar-refractivity contribution in [2.45, 2.75) is 11.4 Å². The molecule has 0 bridgehead atoms. The number of esters is 1. The number of hydrogen-bond acceptors (Lipinski definition) is 5. The van der Waals surface area contributed by atoms with Gasteiger partial charge in [-0.25, -0.2) is 22.7 Å². The first-order chi connectivity index (χ1) is 12.2. The van der Waals surface area contributed by atoms with Crippen LogP contribution in [0.1, 0.15) is 15.9 Å². The Balaban J connectivity index is 2.01. The van der Waals surface area contributed by atoms with Crippen molar-refractivity contribution in [1.82, 2.24) is 4.90 Å². The van der Waals surface area contributed by atoms with Crippen LogP contribution < -0.4 is 5.14 Å². The second-order valence-corrected chi connectivity index (χ2v) is 7.06. The van der Waals surface area contributed by atoms with E-state index in [2.05, 4.69) is 0 Å². The van der Waals surface area contributed by atoms with Crippen LogP contribution in [0.25, 0.3) is 0 Å². The van der Waals surface area contributed by atoms with Crippen LogP contribution in [0, 0.1) is 5.82 Å². The maximum atomic E-state index is 13.7. The van der Waals surface area contributed by atoms with Gasteiger partial charge < -0.3 is 9.64 Å². The Hall–Kier alpha value is -2.78. The molecule has 2 aromatic carbocycles. The summed E-state index contributed by atoms with van der Waals surface area (Å²) in [5.41, 5.74) is 0.275. The van der Waals surface area contributed by atoms with E-state index < -0.39 is 44.8 Å². The number of likely N-dealkylation sites (N-methyl/N-ethyl adjacent to an activating group) is 1. The Morgan fingerprint density at radius 2 is 1.81 bits per heavy atom. The second-order valence-electron chi connectivity index (χ2n) is 5.50. The number of carbonyl (C=O) groups is 2. The third-order valence-electron chi connectivity index (χ3n) is 3.50. The summed E-state index contributed by atoms with van der Waals surface area (Å²) in [5, 5.41) is 4.95. The van der Waals surface area contributed by atoms with Crippen molar-refractivity contribution in [3.63, 3.8) is 0 Å². The van der Waals surface area contributed by atoms with E-state index in [4.69, 9.17) is 9.88 Å². The van der Waals surface area contributed by atoms with Gasteiger partial charge in [0.1, 0.15) is 5.82 Å². The molecule has 0 fully saturated rings. The van der Waals surface area contributed by atoms with Crippen LogP contribution in [-0.4, -0.2) is 38.8 Å². The van der Waals surface area contributed by atoms with Crippen molar-refractivity contribution in [3.05, 3.63) is 65.5 Å². The zero-order chi connectivity index (χ0) is 19.3. The molecule has 7 nitrogen and oxygen atoms in total. The van der Waals surface area contributed by atoms with E-state index in [0.29, 0.717) is 6.54 Å². The molecule has 2 rings (SSSR count). The Labute approximate surface area is 150 Å². The molecule has 2 N–H and O–H groups in total. The van der Waals surface area contributed by atoms with Crippen molar-refractivity contribution in [2.75, 3.05) is 13.7 Å². The predicted octanol–water partition coefficient (Wildman–Crippen LogP) is 1.29. The Kier molecular flexibility index (Phi) is 6.06. The Morgan fingerprint density at radius 3 is 2.42 bits per heavy atom. The second kappa shape index (κ2) is 8.07. The molecule has 0 atom stereocenters. The molecule has 138 valence electrons. The van der Waals surface area contributed by atoms with Gasteiger partial charge in [-0.2, -0.15) is 0 Å². The van der Waals surface area contributed by atoms with Gasteiger partial charge in [0, 0.05) is 13.6 Å². The van der Waals surface area contributed by atoms with Gasteiger partial charge in [-0.15, -0.1) is 0 Å². The zero-order valence-electron chi connectivity index (χ0n) is 13.9. The number of ether oxygens (including phenoxy) is 1. The van der Waals surface area contributed by atoms with Gasteiger partial charge >= 0.3 is 5.97 Å². The Bertz CT molecular complexity index is 916. The molecule has 0 aliphatic carbocycles. The minimum absolute atomic E-state index is 0.312. The highest BCUT2D eigenvalue weighted by Crippen LogP contribution is 2.15. The SMILES string of the molecule is CN(Cc1ccccc1)C(=O)COC(=O)c1cc(S(N)(=O)=O)ccc1F. The number of rotatable bonds is 6. The van der Waals surface area contributed by atoms with E-state index in [1.807, 2.05) is 30.3 Å². The third-order valence-corrected chi connectivity index (χ3v) is 4.41. The lowest BCUT2D eigenvalue weighted by Gasteiger charge is -2.17. The summed E-state index contributed by atoms with van der Waals surface area (Å²) in [5.74, 6) is -2.63. The molecule has 9 heteroatoms. The van der Waals surface area contributed by atoms with E-state index in [9.17, 15) is 22.4 Å². The van der Waals surface area contributed by atoms with Gasteiger partial charge in [-0.3, -0.25) is 4.79 Å². The fourth-order valence-electron chi connectivity index (χ4n) is 2.10. The largest absolute Gasteiger partial charge is 0.452 e. The minimum atomic E-state index is -4.10. The van der Waals surface area contributed by atoms with E-state index in [0.717, 1.165) is 23.8 Å². The van der Waals surface area contributed by atoms with Gasteiger partial charge in [0.05, 0.1) is 10.5 Å². The Morgan fingerprint density at radius 1 is 1.15 bits per heavy atom. The molecule has 0 saturated carbocycles. The van der Waals surface area contributed by atoms with Crippen molar-refractivity contribution in [3.8, 4) is 0 Å². The number of benzene rings is 2. The third kappa shape index (κ3) is 5.11. The maximum absolute atomic E-state index is 13.7. The normalized spacial score (nSPS) is 11.0. The molecule has 0 aliphatic rings. The summed E-state index contributed by atoms with van der Waals surface area (Å²) >= 11 is 0. The van der Waals surface area contributed by atoms with Gasteiger partial charge in [0.15, 0.2) is 6.61 Å². The number of primary sulfonamides is 1. The van der Waals surface area contributed by atoms with Crippen molar-refractivity contribution in [2.24, 2.45) is 5.14 Å². The summed E-state index contributed by atoms with van der Waals surface area (Å²) in [6.07, 6.45) is 0. The maximum Gasteiger partial charge on any atom is 0.341 e. The zero-order valence-corrected chi connectivity index (χ0v) is 14.7. The van der Waals surface area contributed by atoms with Crippen molar-refractivity contribution < 1.29 is 27.1 Å². The van der Waals surface area contributed by atoms with Crippen LogP contribution in [0.3, 0.4) is 0 Å². The molecular weight excluding hydrogens is 363 g/mol. The van der Waals surface area contributed by atoms with E-state index in [1.165, 1.54) is 11.9 Å². The van der Waals surface area contributed by atoms with Gasteiger partial charge in [-0.1, -0.05) is 30.3 Å². The highest BCUT2D eigenvalue weighted by molar-refractivity contribution is 7.89. The smallest absolute Gasteiger partial charge is 0.341 e. The fourth-order valence-corrected chi connectivity index (χ4v) is 2.64. The van der Waals surface area contributed by atoms with Gasteiger partial charge in [0.25, 0.3) is 5.91 Å². The first kappa shape index (κ1) is 19.5. The lowest BCUT2D eigenvalue weighted by molar-refractivity contribution is -0.133. The molecule has 0 heterocycles. The molecular formula is C17H17FN2O5S. The molecule has 2 aromatic rings. The number of nitrogens with zero attached hydrogens (tertiary/aromatic N) is 1. The van der Waals surface area contributed by atoms with Crippen LogP contribution >= 0.6 is 0 Å². The summed E-state index contributed by atoms with van der Waals surface area (Å²) in [7, 11) is -2.57. The van der Waals surface area contributed by atoms with Crippen molar-refractivity contribution in [1.29, 1.82) is 0 Å². The molecule has 0 saturated heterocycles.